The molecule has 4 atom stereocenters. The van der Waals surface area contributed by atoms with Gasteiger partial charge in [0.25, 0.3) is 0 Å². The summed E-state index contributed by atoms with van der Waals surface area (Å²) in [6.45, 7) is 3.00. The molecule has 1 aromatic rings. The smallest absolute Gasteiger partial charge is 0.0938 e. The second kappa shape index (κ2) is 2.78. The number of nitrogens with one attached hydrogen (secondary N) is 1. The molecule has 1 aromatic heterocycles. The summed E-state index contributed by atoms with van der Waals surface area (Å²) in [5.41, 5.74) is 0.287. The summed E-state index contributed by atoms with van der Waals surface area (Å²) in [6.07, 6.45) is 3.03. The van der Waals surface area contributed by atoms with E-state index in [9.17, 15) is 5.11 Å². The van der Waals surface area contributed by atoms with E-state index in [0.29, 0.717) is 17.9 Å². The van der Waals surface area contributed by atoms with Crippen LogP contribution < -0.4 is 5.32 Å². The molecule has 4 heteroatoms. The van der Waals surface area contributed by atoms with Gasteiger partial charge in [-0.2, -0.15) is 0 Å². The highest BCUT2D eigenvalue weighted by molar-refractivity contribution is 7.03. The van der Waals surface area contributed by atoms with E-state index in [1.807, 2.05) is 12.3 Å². The first kappa shape index (κ1) is 8.83. The minimum absolute atomic E-state index is 0.388. The molecule has 2 saturated heterocycles. The fourth-order valence-corrected chi connectivity index (χ4v) is 3.62. The Balaban J connectivity index is 1.90. The fraction of sp³-hybridized carbons (Fsp3) is 0.700. The third-order valence-corrected chi connectivity index (χ3v) is 4.39. The molecule has 2 aliphatic heterocycles. The molecule has 3 fully saturated rings. The number of aromatic nitrogens is 1. The van der Waals surface area contributed by atoms with Crippen molar-refractivity contribution >= 4 is 11.5 Å². The number of nitrogens with zero attached hydrogens (tertiary/aromatic N) is 1. The summed E-state index contributed by atoms with van der Waals surface area (Å²) in [6, 6.07) is 0.523. The maximum Gasteiger partial charge on any atom is 0.0938 e. The Morgan fingerprint density at radius 3 is 3.07 bits per heavy atom. The van der Waals surface area contributed by atoms with Crippen LogP contribution in [-0.4, -0.2) is 22.1 Å². The van der Waals surface area contributed by atoms with Gasteiger partial charge in [-0.15, -0.1) is 0 Å². The van der Waals surface area contributed by atoms with Gasteiger partial charge in [-0.05, 0) is 37.3 Å². The molecule has 3 heterocycles. The average molecular weight is 210 g/mol. The molecule has 4 rings (SSSR count). The first-order chi connectivity index (χ1) is 6.69. The topological polar surface area (TPSA) is 45.2 Å². The molecule has 0 spiro atoms. The summed E-state index contributed by atoms with van der Waals surface area (Å²) in [5.74, 6) is 1.05. The van der Waals surface area contributed by atoms with Gasteiger partial charge in [0.2, 0.25) is 0 Å². The van der Waals surface area contributed by atoms with Gasteiger partial charge in [0, 0.05) is 29.1 Å². The lowest BCUT2D eigenvalue weighted by Crippen LogP contribution is -2.49. The summed E-state index contributed by atoms with van der Waals surface area (Å²) < 4.78 is 4.06. The fourth-order valence-electron chi connectivity index (χ4n) is 2.97. The second-order valence-corrected chi connectivity index (χ2v) is 5.25. The molecule has 2 bridgehead atoms. The highest BCUT2D eigenvalue weighted by Gasteiger charge is 2.55. The summed E-state index contributed by atoms with van der Waals surface area (Å²) >= 11 is 1.41. The Labute approximate surface area is 87.3 Å². The predicted molar refractivity (Wildman–Crippen MR) is 55.1 cm³/mol. The molecule has 0 amide bonds. The van der Waals surface area contributed by atoms with Gasteiger partial charge in [-0.25, -0.2) is 4.37 Å². The highest BCUT2D eigenvalue weighted by Crippen LogP contribution is 2.50. The molecule has 4 unspecified atom stereocenters. The van der Waals surface area contributed by atoms with Crippen molar-refractivity contribution in [2.45, 2.75) is 25.0 Å². The maximum absolute atomic E-state index is 10.5. The van der Waals surface area contributed by atoms with Gasteiger partial charge in [0.1, 0.15) is 0 Å². The van der Waals surface area contributed by atoms with E-state index in [1.54, 1.807) is 6.20 Å². The Kier molecular flexibility index (Phi) is 1.75. The minimum Gasteiger partial charge on any atom is -0.385 e. The number of aliphatic hydroxyl groups is 1. The number of hydrogen-bond acceptors (Lipinski definition) is 4. The summed E-state index contributed by atoms with van der Waals surface area (Å²) in [7, 11) is 0. The highest BCUT2D eigenvalue weighted by atomic mass is 32.1. The van der Waals surface area contributed by atoms with Crippen molar-refractivity contribution in [3.05, 3.63) is 17.1 Å². The van der Waals surface area contributed by atoms with Crippen LogP contribution >= 0.6 is 11.5 Å². The predicted octanol–water partition coefficient (Wildman–Crippen LogP) is 0.958. The summed E-state index contributed by atoms with van der Waals surface area (Å²) in [5, 5.41) is 15.9. The molecule has 76 valence electrons. The zero-order chi connectivity index (χ0) is 9.76. The van der Waals surface area contributed by atoms with Crippen LogP contribution in [-0.2, 0) is 5.60 Å². The van der Waals surface area contributed by atoms with Crippen LogP contribution in [0.25, 0.3) is 0 Å². The van der Waals surface area contributed by atoms with Crippen molar-refractivity contribution in [2.75, 3.05) is 6.54 Å². The van der Waals surface area contributed by atoms with Crippen LogP contribution in [0, 0.1) is 11.8 Å². The SMILES string of the molecule is CC(O)(c1cnsc1)C1C2CNC1C2. The Hall–Kier alpha value is -0.450. The monoisotopic (exact) mass is 210 g/mol. The first-order valence-corrected chi connectivity index (χ1v) is 5.89. The van der Waals surface area contributed by atoms with Gasteiger partial charge >= 0.3 is 0 Å². The molecule has 3 nitrogen and oxygen atoms in total. The zero-order valence-electron chi connectivity index (χ0n) is 8.10. The lowest BCUT2D eigenvalue weighted by molar-refractivity contribution is -0.0645. The molecular weight excluding hydrogens is 196 g/mol. The molecule has 1 aliphatic carbocycles. The van der Waals surface area contributed by atoms with Gasteiger partial charge < -0.3 is 10.4 Å². The van der Waals surface area contributed by atoms with Crippen LogP contribution in [0.1, 0.15) is 18.9 Å². The van der Waals surface area contributed by atoms with Crippen LogP contribution in [0.15, 0.2) is 11.6 Å². The lowest BCUT2D eigenvalue weighted by atomic mass is 9.64. The third kappa shape index (κ3) is 1.02. The normalized spacial score (nSPS) is 39.1. The van der Waals surface area contributed by atoms with Crippen LogP contribution in [0.4, 0.5) is 0 Å². The second-order valence-electron chi connectivity index (χ2n) is 4.60. The summed E-state index contributed by atoms with van der Waals surface area (Å²) in [4.78, 5) is 0. The molecule has 1 saturated carbocycles. The van der Waals surface area contributed by atoms with Crippen LogP contribution in [0.5, 0.6) is 0 Å². The van der Waals surface area contributed by atoms with Crippen molar-refractivity contribution in [1.82, 2.24) is 9.69 Å². The van der Waals surface area contributed by atoms with Gasteiger partial charge in [0.15, 0.2) is 0 Å². The van der Waals surface area contributed by atoms with Crippen LogP contribution in [0.2, 0.25) is 0 Å². The van der Waals surface area contributed by atoms with Gasteiger partial charge in [-0.3, -0.25) is 0 Å². The van der Waals surface area contributed by atoms with E-state index < -0.39 is 5.60 Å². The third-order valence-electron chi connectivity index (χ3n) is 3.81. The van der Waals surface area contributed by atoms with Gasteiger partial charge in [0.05, 0.1) is 5.60 Å². The number of rotatable bonds is 2. The Morgan fingerprint density at radius 1 is 1.71 bits per heavy atom. The first-order valence-electron chi connectivity index (χ1n) is 5.05. The number of fused-ring (bicyclic) bond motifs is 1. The van der Waals surface area contributed by atoms with E-state index in [1.165, 1.54) is 18.0 Å². The largest absolute Gasteiger partial charge is 0.385 e. The van der Waals surface area contributed by atoms with E-state index >= 15 is 0 Å². The molecule has 14 heavy (non-hydrogen) atoms. The molecule has 0 radical (unpaired) electrons. The zero-order valence-corrected chi connectivity index (χ0v) is 8.92. The molecular formula is C10H14N2OS. The quantitative estimate of drug-likeness (QED) is 0.764. The van der Waals surface area contributed by atoms with Gasteiger partial charge in [-0.1, -0.05) is 0 Å². The number of hydrogen-bond donors (Lipinski definition) is 2. The molecule has 0 aromatic carbocycles. The minimum atomic E-state index is -0.690. The van der Waals surface area contributed by atoms with Crippen molar-refractivity contribution in [3.8, 4) is 0 Å². The van der Waals surface area contributed by atoms with E-state index in [0.717, 1.165) is 12.1 Å². The lowest BCUT2D eigenvalue weighted by Gasteiger charge is -2.44. The molecule has 3 aliphatic rings. The van der Waals surface area contributed by atoms with Crippen molar-refractivity contribution in [2.24, 2.45) is 11.8 Å². The van der Waals surface area contributed by atoms with E-state index in [4.69, 9.17) is 0 Å². The van der Waals surface area contributed by atoms with Crippen molar-refractivity contribution < 1.29 is 5.11 Å². The van der Waals surface area contributed by atoms with Crippen molar-refractivity contribution in [1.29, 1.82) is 0 Å². The Bertz CT molecular complexity index is 322. The molecule has 2 N–H and O–H groups in total. The van der Waals surface area contributed by atoms with E-state index in [-0.39, 0.29) is 0 Å². The maximum atomic E-state index is 10.5. The standard InChI is InChI=1S/C10H14N2OS/c1-10(13,7-4-12-14-5-7)9-6-2-8(9)11-3-6/h4-6,8-9,11,13H,2-3H2,1H3. The van der Waals surface area contributed by atoms with Crippen LogP contribution in [0.3, 0.4) is 0 Å². The van der Waals surface area contributed by atoms with Crippen molar-refractivity contribution in [3.63, 3.8) is 0 Å². The average Bonchev–Trinajstić information content (AvgIpc) is 2.81. The Morgan fingerprint density at radius 2 is 2.57 bits per heavy atom. The van der Waals surface area contributed by atoms with E-state index in [2.05, 4.69) is 9.69 Å².